The van der Waals surface area contributed by atoms with E-state index in [0.717, 1.165) is 11.1 Å². The lowest BCUT2D eigenvalue weighted by Crippen LogP contribution is -2.47. The van der Waals surface area contributed by atoms with E-state index in [-0.39, 0.29) is 24.2 Å². The van der Waals surface area contributed by atoms with Crippen LogP contribution >= 0.6 is 0 Å². The highest BCUT2D eigenvalue weighted by molar-refractivity contribution is 6.22. The van der Waals surface area contributed by atoms with Crippen molar-refractivity contribution in [3.05, 3.63) is 41.7 Å². The number of allylic oxidation sites excluding steroid dienone is 1. The molecule has 4 heteroatoms. The topological polar surface area (TPSA) is 66.8 Å². The van der Waals surface area contributed by atoms with Crippen LogP contribution in [0.15, 0.2) is 30.5 Å². The molecule has 3 rings (SSSR count). The number of Topliss-reactive ketones (excluding diaryl/α,β-unsaturated/α-hetero) is 1. The molecule has 20 heavy (non-hydrogen) atoms. The van der Waals surface area contributed by atoms with Gasteiger partial charge in [0, 0.05) is 6.42 Å². The van der Waals surface area contributed by atoms with Gasteiger partial charge in [0.2, 0.25) is 0 Å². The first kappa shape index (κ1) is 13.3. The van der Waals surface area contributed by atoms with Crippen molar-refractivity contribution in [2.75, 3.05) is 0 Å². The minimum atomic E-state index is -0.846. The van der Waals surface area contributed by atoms with E-state index in [0.29, 0.717) is 12.0 Å². The largest absolute Gasteiger partial charge is 0.496 e. The molecule has 4 atom stereocenters. The molecular weight excluding hydrogens is 256 g/mol. The SMILES string of the molecule is Cc1ccc(C2=COC3CC(O)C(O)CC3C2=O)cc1. The van der Waals surface area contributed by atoms with Gasteiger partial charge in [-0.2, -0.15) is 0 Å². The van der Waals surface area contributed by atoms with Crippen LogP contribution in [-0.4, -0.2) is 34.3 Å². The Labute approximate surface area is 117 Å². The van der Waals surface area contributed by atoms with Gasteiger partial charge in [0.05, 0.1) is 30.0 Å². The Bertz CT molecular complexity index is 546. The Morgan fingerprint density at radius 2 is 1.75 bits per heavy atom. The summed E-state index contributed by atoms with van der Waals surface area (Å²) >= 11 is 0. The number of ketones is 1. The second-order valence-electron chi connectivity index (χ2n) is 5.65. The zero-order valence-electron chi connectivity index (χ0n) is 11.3. The van der Waals surface area contributed by atoms with E-state index >= 15 is 0 Å². The lowest BCUT2D eigenvalue weighted by molar-refractivity contribution is -0.134. The average molecular weight is 274 g/mol. The monoisotopic (exact) mass is 274 g/mol. The summed E-state index contributed by atoms with van der Waals surface area (Å²) in [6, 6.07) is 7.71. The molecule has 4 nitrogen and oxygen atoms in total. The minimum absolute atomic E-state index is 0.00365. The van der Waals surface area contributed by atoms with E-state index in [2.05, 4.69) is 0 Å². The van der Waals surface area contributed by atoms with Crippen molar-refractivity contribution >= 4 is 11.4 Å². The third-order valence-corrected chi connectivity index (χ3v) is 4.19. The number of hydrogen-bond acceptors (Lipinski definition) is 4. The van der Waals surface area contributed by atoms with E-state index in [9.17, 15) is 15.0 Å². The van der Waals surface area contributed by atoms with Crippen LogP contribution in [0, 0.1) is 12.8 Å². The van der Waals surface area contributed by atoms with Crippen molar-refractivity contribution < 1.29 is 19.7 Å². The Morgan fingerprint density at radius 1 is 1.10 bits per heavy atom. The van der Waals surface area contributed by atoms with Crippen molar-refractivity contribution in [2.24, 2.45) is 5.92 Å². The number of ether oxygens (including phenoxy) is 1. The second kappa shape index (κ2) is 5.04. The minimum Gasteiger partial charge on any atom is -0.496 e. The molecule has 0 saturated heterocycles. The fraction of sp³-hybridized carbons (Fsp3) is 0.438. The van der Waals surface area contributed by atoms with Crippen molar-refractivity contribution in [2.45, 2.75) is 38.1 Å². The number of benzene rings is 1. The highest BCUT2D eigenvalue weighted by Crippen LogP contribution is 2.36. The lowest BCUT2D eigenvalue weighted by Gasteiger charge is -2.38. The number of carbonyl (C=O) groups is 1. The van der Waals surface area contributed by atoms with Gasteiger partial charge in [0.25, 0.3) is 0 Å². The first-order valence-electron chi connectivity index (χ1n) is 6.89. The smallest absolute Gasteiger partial charge is 0.173 e. The van der Waals surface area contributed by atoms with Gasteiger partial charge in [-0.15, -0.1) is 0 Å². The first-order valence-corrected chi connectivity index (χ1v) is 6.89. The molecule has 2 aliphatic rings. The zero-order valence-corrected chi connectivity index (χ0v) is 11.3. The fourth-order valence-electron chi connectivity index (χ4n) is 2.91. The second-order valence-corrected chi connectivity index (χ2v) is 5.65. The number of carbonyl (C=O) groups excluding carboxylic acids is 1. The van der Waals surface area contributed by atoms with Gasteiger partial charge in [0.1, 0.15) is 6.10 Å². The zero-order chi connectivity index (χ0) is 14.3. The van der Waals surface area contributed by atoms with Gasteiger partial charge in [-0.3, -0.25) is 4.79 Å². The van der Waals surface area contributed by atoms with Gasteiger partial charge in [-0.1, -0.05) is 29.8 Å². The van der Waals surface area contributed by atoms with E-state index in [4.69, 9.17) is 4.74 Å². The molecule has 1 fully saturated rings. The van der Waals surface area contributed by atoms with Crippen LogP contribution in [0.3, 0.4) is 0 Å². The molecule has 0 bridgehead atoms. The Hall–Kier alpha value is -1.65. The molecule has 2 N–H and O–H groups in total. The van der Waals surface area contributed by atoms with Crippen LogP contribution in [-0.2, 0) is 9.53 Å². The van der Waals surface area contributed by atoms with Crippen LogP contribution in [0.1, 0.15) is 24.0 Å². The molecule has 4 unspecified atom stereocenters. The van der Waals surface area contributed by atoms with Crippen molar-refractivity contribution in [3.8, 4) is 0 Å². The molecule has 1 aliphatic heterocycles. The predicted octanol–water partition coefficient (Wildman–Crippen LogP) is 1.44. The number of fused-ring (bicyclic) bond motifs is 1. The molecule has 0 spiro atoms. The average Bonchev–Trinajstić information content (AvgIpc) is 2.43. The summed E-state index contributed by atoms with van der Waals surface area (Å²) in [6.45, 7) is 1.99. The summed E-state index contributed by atoms with van der Waals surface area (Å²) in [4.78, 5) is 12.6. The Morgan fingerprint density at radius 3 is 2.45 bits per heavy atom. The highest BCUT2D eigenvalue weighted by Gasteiger charge is 2.43. The third kappa shape index (κ3) is 2.25. The van der Waals surface area contributed by atoms with Crippen LogP contribution in [0.4, 0.5) is 0 Å². The summed E-state index contributed by atoms with van der Waals surface area (Å²) in [7, 11) is 0. The molecule has 1 aliphatic carbocycles. The quantitative estimate of drug-likeness (QED) is 0.813. The van der Waals surface area contributed by atoms with Crippen LogP contribution < -0.4 is 0 Å². The fourth-order valence-corrected chi connectivity index (χ4v) is 2.91. The number of rotatable bonds is 1. The Kier molecular flexibility index (Phi) is 3.36. The van der Waals surface area contributed by atoms with Crippen LogP contribution in [0.2, 0.25) is 0 Å². The highest BCUT2D eigenvalue weighted by atomic mass is 16.5. The van der Waals surface area contributed by atoms with Gasteiger partial charge in [0.15, 0.2) is 5.78 Å². The Balaban J connectivity index is 1.88. The van der Waals surface area contributed by atoms with E-state index in [1.165, 1.54) is 6.26 Å². The van der Waals surface area contributed by atoms with Gasteiger partial charge in [-0.25, -0.2) is 0 Å². The molecule has 106 valence electrons. The molecule has 0 radical (unpaired) electrons. The number of aliphatic hydroxyl groups is 2. The maximum atomic E-state index is 12.6. The molecule has 0 aromatic heterocycles. The summed E-state index contributed by atoms with van der Waals surface area (Å²) in [5, 5.41) is 19.4. The first-order chi connectivity index (χ1) is 9.56. The summed E-state index contributed by atoms with van der Waals surface area (Å²) < 4.78 is 5.61. The molecule has 1 heterocycles. The number of aryl methyl sites for hydroxylation is 1. The molecule has 1 aromatic carbocycles. The van der Waals surface area contributed by atoms with Crippen molar-refractivity contribution in [3.63, 3.8) is 0 Å². The van der Waals surface area contributed by atoms with Crippen LogP contribution in [0.25, 0.3) is 5.57 Å². The van der Waals surface area contributed by atoms with Gasteiger partial charge in [-0.05, 0) is 18.9 Å². The summed E-state index contributed by atoms with van der Waals surface area (Å²) in [5.41, 5.74) is 2.52. The number of hydrogen-bond donors (Lipinski definition) is 2. The predicted molar refractivity (Wildman–Crippen MR) is 73.8 cm³/mol. The molecule has 0 amide bonds. The number of aliphatic hydroxyl groups excluding tert-OH is 2. The third-order valence-electron chi connectivity index (χ3n) is 4.19. The summed E-state index contributed by atoms with van der Waals surface area (Å²) in [6.07, 6.45) is 0.0801. The lowest BCUT2D eigenvalue weighted by atomic mass is 9.76. The van der Waals surface area contributed by atoms with E-state index in [1.54, 1.807) is 0 Å². The standard InChI is InChI=1S/C16H18O4/c1-9-2-4-10(5-3-9)12-8-20-15-7-14(18)13(17)6-11(15)16(12)19/h2-5,8,11,13-15,17-18H,6-7H2,1H3. The van der Waals surface area contributed by atoms with Gasteiger partial charge >= 0.3 is 0 Å². The molecule has 1 aromatic rings. The van der Waals surface area contributed by atoms with E-state index in [1.807, 2.05) is 31.2 Å². The van der Waals surface area contributed by atoms with Crippen LogP contribution in [0.5, 0.6) is 0 Å². The molecule has 1 saturated carbocycles. The normalized spacial score (nSPS) is 33.1. The van der Waals surface area contributed by atoms with Gasteiger partial charge < -0.3 is 14.9 Å². The van der Waals surface area contributed by atoms with Crippen molar-refractivity contribution in [1.82, 2.24) is 0 Å². The maximum absolute atomic E-state index is 12.6. The molecular formula is C16H18O4. The van der Waals surface area contributed by atoms with E-state index < -0.39 is 12.2 Å². The maximum Gasteiger partial charge on any atom is 0.173 e. The van der Waals surface area contributed by atoms with Crippen molar-refractivity contribution in [1.29, 1.82) is 0 Å². The summed E-state index contributed by atoms with van der Waals surface area (Å²) in [5.74, 6) is -0.370.